The van der Waals surface area contributed by atoms with Crippen molar-refractivity contribution >= 4 is 23.2 Å². The monoisotopic (exact) mass is 408 g/mol. The Morgan fingerprint density at radius 3 is 1.90 bits per heavy atom. The molecule has 0 radical (unpaired) electrons. The molecule has 1 aliphatic heterocycles. The van der Waals surface area contributed by atoms with Gasteiger partial charge in [0.25, 0.3) is 0 Å². The van der Waals surface area contributed by atoms with E-state index in [9.17, 15) is 9.59 Å². The van der Waals surface area contributed by atoms with Crippen molar-refractivity contribution in [2.75, 3.05) is 49.9 Å². The molecule has 160 valence electrons. The van der Waals surface area contributed by atoms with Crippen molar-refractivity contribution in [1.29, 1.82) is 0 Å². The van der Waals surface area contributed by atoms with Crippen LogP contribution < -0.4 is 10.6 Å². The number of rotatable bonds is 8. The average molecular weight is 409 g/mol. The van der Waals surface area contributed by atoms with E-state index in [1.807, 2.05) is 48.5 Å². The Bertz CT molecular complexity index is 843. The molecule has 1 aliphatic rings. The molecule has 30 heavy (non-hydrogen) atoms. The topological polar surface area (TPSA) is 64.7 Å². The maximum absolute atomic E-state index is 12.4. The van der Waals surface area contributed by atoms with Gasteiger partial charge in [0.05, 0.1) is 13.1 Å². The van der Waals surface area contributed by atoms with Crippen LogP contribution >= 0.6 is 0 Å². The van der Waals surface area contributed by atoms with E-state index in [1.165, 1.54) is 5.56 Å². The van der Waals surface area contributed by atoms with E-state index in [0.717, 1.165) is 56.0 Å². The summed E-state index contributed by atoms with van der Waals surface area (Å²) in [6.45, 7) is 8.06. The molecule has 0 aromatic heterocycles. The van der Waals surface area contributed by atoms with Crippen molar-refractivity contribution < 1.29 is 9.59 Å². The fraction of sp³-hybridized carbons (Fsp3) is 0.417. The van der Waals surface area contributed by atoms with E-state index < -0.39 is 0 Å². The fourth-order valence-electron chi connectivity index (χ4n) is 3.68. The van der Waals surface area contributed by atoms with Gasteiger partial charge in [-0.3, -0.25) is 19.4 Å². The molecule has 0 bridgehead atoms. The van der Waals surface area contributed by atoms with Crippen LogP contribution in [0.5, 0.6) is 0 Å². The molecule has 1 saturated heterocycles. The van der Waals surface area contributed by atoms with Crippen LogP contribution in [0, 0.1) is 0 Å². The lowest BCUT2D eigenvalue weighted by molar-refractivity contribution is -0.120. The number of hydrogen-bond donors (Lipinski definition) is 2. The van der Waals surface area contributed by atoms with Gasteiger partial charge in [-0.25, -0.2) is 0 Å². The van der Waals surface area contributed by atoms with Crippen LogP contribution in [0.15, 0.2) is 48.5 Å². The number of carbonyl (C=O) groups is 2. The molecule has 1 fully saturated rings. The van der Waals surface area contributed by atoms with Gasteiger partial charge in [0.2, 0.25) is 11.8 Å². The average Bonchev–Trinajstić information content (AvgIpc) is 2.76. The van der Waals surface area contributed by atoms with Gasteiger partial charge in [0, 0.05) is 37.6 Å². The third-order valence-electron chi connectivity index (χ3n) is 5.52. The Hall–Kier alpha value is -2.70. The minimum absolute atomic E-state index is 0.00149. The smallest absolute Gasteiger partial charge is 0.238 e. The molecule has 0 saturated carbocycles. The van der Waals surface area contributed by atoms with Gasteiger partial charge in [-0.2, -0.15) is 0 Å². The summed E-state index contributed by atoms with van der Waals surface area (Å²) in [6.07, 6.45) is 1.88. The van der Waals surface area contributed by atoms with E-state index in [0.29, 0.717) is 13.1 Å². The lowest BCUT2D eigenvalue weighted by Crippen LogP contribution is -2.50. The first-order valence-electron chi connectivity index (χ1n) is 10.8. The van der Waals surface area contributed by atoms with Crippen LogP contribution in [0.2, 0.25) is 0 Å². The van der Waals surface area contributed by atoms with Crippen molar-refractivity contribution in [3.8, 4) is 0 Å². The highest BCUT2D eigenvalue weighted by Crippen LogP contribution is 2.15. The maximum Gasteiger partial charge on any atom is 0.238 e. The first-order chi connectivity index (χ1) is 14.6. The second kappa shape index (κ2) is 10.9. The van der Waals surface area contributed by atoms with E-state index in [-0.39, 0.29) is 11.8 Å². The van der Waals surface area contributed by atoms with Crippen molar-refractivity contribution in [2.24, 2.45) is 0 Å². The highest BCUT2D eigenvalue weighted by atomic mass is 16.2. The molecule has 0 atom stereocenters. The van der Waals surface area contributed by atoms with E-state index >= 15 is 0 Å². The molecule has 6 nitrogen and oxygen atoms in total. The Morgan fingerprint density at radius 1 is 0.767 bits per heavy atom. The standard InChI is InChI=1S/C24H32N4O2/c1-3-19-9-11-21(12-10-19)25-23(29)17-27-13-15-28(16-14-27)18-24(30)26-22-8-6-5-7-20(22)4-2/h5-12H,3-4,13-18H2,1-2H3,(H,25,29)(H,26,30). The molecular weight excluding hydrogens is 376 g/mol. The molecule has 1 heterocycles. The summed E-state index contributed by atoms with van der Waals surface area (Å²) in [4.78, 5) is 29.0. The summed E-state index contributed by atoms with van der Waals surface area (Å²) in [5.74, 6) is 0.0132. The van der Waals surface area contributed by atoms with Gasteiger partial charge >= 0.3 is 0 Å². The molecule has 0 spiro atoms. The number of amides is 2. The van der Waals surface area contributed by atoms with Crippen LogP contribution in [0.1, 0.15) is 25.0 Å². The summed E-state index contributed by atoms with van der Waals surface area (Å²) in [5.41, 5.74) is 4.13. The summed E-state index contributed by atoms with van der Waals surface area (Å²) < 4.78 is 0. The number of aryl methyl sites for hydroxylation is 2. The van der Waals surface area contributed by atoms with E-state index in [2.05, 4.69) is 34.3 Å². The van der Waals surface area contributed by atoms with Gasteiger partial charge in [0.15, 0.2) is 0 Å². The number of anilines is 2. The molecule has 0 aliphatic carbocycles. The lowest BCUT2D eigenvalue weighted by Gasteiger charge is -2.33. The third-order valence-corrected chi connectivity index (χ3v) is 5.52. The van der Waals surface area contributed by atoms with Crippen molar-refractivity contribution in [1.82, 2.24) is 9.80 Å². The van der Waals surface area contributed by atoms with Crippen LogP contribution in [0.25, 0.3) is 0 Å². The molecule has 2 aromatic rings. The minimum atomic E-state index is 0.00149. The molecule has 3 rings (SSSR count). The second-order valence-corrected chi connectivity index (χ2v) is 7.71. The normalized spacial score (nSPS) is 15.0. The summed E-state index contributed by atoms with van der Waals surface area (Å²) in [6, 6.07) is 15.9. The summed E-state index contributed by atoms with van der Waals surface area (Å²) in [5, 5.41) is 5.99. The van der Waals surface area contributed by atoms with Crippen LogP contribution in [-0.4, -0.2) is 60.9 Å². The molecule has 2 N–H and O–H groups in total. The molecule has 2 amide bonds. The predicted octanol–water partition coefficient (Wildman–Crippen LogP) is 3.01. The SMILES string of the molecule is CCc1ccc(NC(=O)CN2CCN(CC(=O)Nc3ccccc3CC)CC2)cc1. The number of para-hydroxylation sites is 1. The number of piperazine rings is 1. The van der Waals surface area contributed by atoms with Crippen molar-refractivity contribution in [3.05, 3.63) is 59.7 Å². The van der Waals surface area contributed by atoms with Crippen LogP contribution in [-0.2, 0) is 22.4 Å². The Balaban J connectivity index is 1.39. The largest absolute Gasteiger partial charge is 0.325 e. The van der Waals surface area contributed by atoms with Crippen LogP contribution in [0.4, 0.5) is 11.4 Å². The molecule has 2 aromatic carbocycles. The highest BCUT2D eigenvalue weighted by molar-refractivity contribution is 5.93. The van der Waals surface area contributed by atoms with Gasteiger partial charge in [-0.1, -0.05) is 44.2 Å². The first kappa shape index (κ1) is 22.0. The highest BCUT2D eigenvalue weighted by Gasteiger charge is 2.21. The predicted molar refractivity (Wildman–Crippen MR) is 122 cm³/mol. The third kappa shape index (κ3) is 6.40. The lowest BCUT2D eigenvalue weighted by atomic mass is 10.1. The van der Waals surface area contributed by atoms with Crippen molar-refractivity contribution in [2.45, 2.75) is 26.7 Å². The van der Waals surface area contributed by atoms with Crippen molar-refractivity contribution in [3.63, 3.8) is 0 Å². The Labute approximate surface area is 179 Å². The van der Waals surface area contributed by atoms with Gasteiger partial charge in [-0.15, -0.1) is 0 Å². The zero-order valence-corrected chi connectivity index (χ0v) is 18.0. The van der Waals surface area contributed by atoms with Crippen LogP contribution in [0.3, 0.4) is 0 Å². The first-order valence-corrected chi connectivity index (χ1v) is 10.8. The second-order valence-electron chi connectivity index (χ2n) is 7.71. The van der Waals surface area contributed by atoms with E-state index in [1.54, 1.807) is 0 Å². The number of hydrogen-bond acceptors (Lipinski definition) is 4. The number of nitrogens with zero attached hydrogens (tertiary/aromatic N) is 2. The van der Waals surface area contributed by atoms with Gasteiger partial charge in [-0.05, 0) is 42.2 Å². The van der Waals surface area contributed by atoms with E-state index in [4.69, 9.17) is 0 Å². The maximum atomic E-state index is 12.4. The Kier molecular flexibility index (Phi) is 7.99. The summed E-state index contributed by atoms with van der Waals surface area (Å²) in [7, 11) is 0. The van der Waals surface area contributed by atoms with Gasteiger partial charge in [0.1, 0.15) is 0 Å². The Morgan fingerprint density at radius 2 is 1.33 bits per heavy atom. The number of benzene rings is 2. The molecule has 0 unspecified atom stereocenters. The minimum Gasteiger partial charge on any atom is -0.325 e. The number of carbonyl (C=O) groups excluding carboxylic acids is 2. The molecular formula is C24H32N4O2. The summed E-state index contributed by atoms with van der Waals surface area (Å²) >= 11 is 0. The molecule has 6 heteroatoms. The zero-order valence-electron chi connectivity index (χ0n) is 18.0. The number of nitrogens with one attached hydrogen (secondary N) is 2. The zero-order chi connectivity index (χ0) is 21.3. The quantitative estimate of drug-likeness (QED) is 0.705. The fourth-order valence-corrected chi connectivity index (χ4v) is 3.68. The van der Waals surface area contributed by atoms with Gasteiger partial charge < -0.3 is 10.6 Å².